The third-order valence-corrected chi connectivity index (χ3v) is 5.19. The first-order valence-electron chi connectivity index (χ1n) is 8.04. The van der Waals surface area contributed by atoms with Crippen molar-refractivity contribution in [2.45, 2.75) is 70.3 Å². The van der Waals surface area contributed by atoms with Gasteiger partial charge in [-0.05, 0) is 38.5 Å². The Bertz CT molecular complexity index is 314. The molecule has 2 aliphatic carbocycles. The third kappa shape index (κ3) is 4.36. The molecule has 2 rings (SSSR count). The molecule has 0 aromatic heterocycles. The van der Waals surface area contributed by atoms with E-state index in [2.05, 4.69) is 6.92 Å². The Labute approximate surface area is 130 Å². The van der Waals surface area contributed by atoms with Gasteiger partial charge in [0, 0.05) is 19.1 Å². The van der Waals surface area contributed by atoms with Gasteiger partial charge in [-0.1, -0.05) is 32.1 Å². The van der Waals surface area contributed by atoms with Crippen LogP contribution < -0.4 is 5.73 Å². The van der Waals surface area contributed by atoms with Crippen molar-refractivity contribution >= 4 is 18.3 Å². The average molecular weight is 303 g/mol. The molecule has 0 bridgehead atoms. The molecular formula is C16H31ClN2O. The molecule has 3 nitrogen and oxygen atoms in total. The average Bonchev–Trinajstić information content (AvgIpc) is 2.38. The molecule has 0 radical (unpaired) electrons. The Hall–Kier alpha value is -0.280. The van der Waals surface area contributed by atoms with Crippen LogP contribution in [0.5, 0.6) is 0 Å². The number of nitrogens with two attached hydrogens (primary N) is 1. The SMILES string of the molecule is CN(CC1CCCCC1)C(=O)C1CCCCC1(C)N.Cl. The molecule has 0 aromatic carbocycles. The molecular weight excluding hydrogens is 272 g/mol. The third-order valence-electron chi connectivity index (χ3n) is 5.19. The summed E-state index contributed by atoms with van der Waals surface area (Å²) in [5.41, 5.74) is 6.05. The number of carbonyl (C=O) groups excluding carboxylic acids is 1. The van der Waals surface area contributed by atoms with Crippen LogP contribution >= 0.6 is 12.4 Å². The van der Waals surface area contributed by atoms with Gasteiger partial charge in [0.05, 0.1) is 5.92 Å². The van der Waals surface area contributed by atoms with E-state index in [9.17, 15) is 4.79 Å². The van der Waals surface area contributed by atoms with Crippen LogP contribution in [0.3, 0.4) is 0 Å². The lowest BCUT2D eigenvalue weighted by atomic mass is 9.74. The van der Waals surface area contributed by atoms with Crippen LogP contribution in [0.25, 0.3) is 0 Å². The Morgan fingerprint density at radius 3 is 2.35 bits per heavy atom. The molecule has 4 heteroatoms. The van der Waals surface area contributed by atoms with Crippen molar-refractivity contribution < 1.29 is 4.79 Å². The van der Waals surface area contributed by atoms with Gasteiger partial charge >= 0.3 is 0 Å². The highest BCUT2D eigenvalue weighted by Crippen LogP contribution is 2.33. The number of nitrogens with zero attached hydrogens (tertiary/aromatic N) is 1. The van der Waals surface area contributed by atoms with E-state index < -0.39 is 0 Å². The van der Waals surface area contributed by atoms with E-state index in [0.717, 1.165) is 31.7 Å². The fourth-order valence-corrected chi connectivity index (χ4v) is 3.88. The van der Waals surface area contributed by atoms with E-state index in [1.54, 1.807) is 0 Å². The molecule has 2 N–H and O–H groups in total. The molecule has 0 aliphatic heterocycles. The zero-order valence-corrected chi connectivity index (χ0v) is 13.9. The van der Waals surface area contributed by atoms with E-state index >= 15 is 0 Å². The lowest BCUT2D eigenvalue weighted by Gasteiger charge is -2.40. The van der Waals surface area contributed by atoms with E-state index in [1.165, 1.54) is 38.5 Å². The van der Waals surface area contributed by atoms with Gasteiger partial charge in [0.1, 0.15) is 0 Å². The second kappa shape index (κ2) is 7.65. The van der Waals surface area contributed by atoms with Crippen molar-refractivity contribution in [2.75, 3.05) is 13.6 Å². The summed E-state index contributed by atoms with van der Waals surface area (Å²) in [4.78, 5) is 14.6. The first-order valence-corrected chi connectivity index (χ1v) is 8.04. The Balaban J connectivity index is 0.00000200. The number of rotatable bonds is 3. The lowest BCUT2D eigenvalue weighted by molar-refractivity contribution is -0.138. The van der Waals surface area contributed by atoms with Crippen LogP contribution in [-0.2, 0) is 4.79 Å². The molecule has 2 atom stereocenters. The summed E-state index contributed by atoms with van der Waals surface area (Å²) in [6.45, 7) is 2.99. The maximum atomic E-state index is 12.6. The van der Waals surface area contributed by atoms with Crippen LogP contribution in [0, 0.1) is 11.8 Å². The first-order chi connectivity index (χ1) is 9.00. The lowest BCUT2D eigenvalue weighted by Crippen LogP contribution is -2.53. The van der Waals surface area contributed by atoms with E-state index in [-0.39, 0.29) is 29.8 Å². The van der Waals surface area contributed by atoms with Gasteiger partial charge in [-0.25, -0.2) is 0 Å². The second-order valence-electron chi connectivity index (χ2n) is 7.03. The Kier molecular flexibility index (Phi) is 6.80. The molecule has 2 fully saturated rings. The van der Waals surface area contributed by atoms with E-state index in [1.807, 2.05) is 11.9 Å². The van der Waals surface area contributed by atoms with Crippen molar-refractivity contribution in [1.82, 2.24) is 4.90 Å². The fraction of sp³-hybridized carbons (Fsp3) is 0.938. The van der Waals surface area contributed by atoms with Crippen molar-refractivity contribution in [3.05, 3.63) is 0 Å². The topological polar surface area (TPSA) is 46.3 Å². The molecule has 1 amide bonds. The van der Waals surface area contributed by atoms with Crippen molar-refractivity contribution in [2.24, 2.45) is 17.6 Å². The minimum Gasteiger partial charge on any atom is -0.345 e. The number of amides is 1. The van der Waals surface area contributed by atoms with Crippen molar-refractivity contribution in [3.8, 4) is 0 Å². The summed E-state index contributed by atoms with van der Waals surface area (Å²) in [6.07, 6.45) is 10.9. The number of carbonyl (C=O) groups is 1. The largest absolute Gasteiger partial charge is 0.345 e. The summed E-state index contributed by atoms with van der Waals surface area (Å²) in [7, 11) is 1.97. The van der Waals surface area contributed by atoms with Crippen LogP contribution in [0.4, 0.5) is 0 Å². The Morgan fingerprint density at radius 2 is 1.75 bits per heavy atom. The Morgan fingerprint density at radius 1 is 1.15 bits per heavy atom. The van der Waals surface area contributed by atoms with E-state index in [4.69, 9.17) is 5.73 Å². The predicted octanol–water partition coefficient (Wildman–Crippen LogP) is 3.35. The van der Waals surface area contributed by atoms with E-state index in [0.29, 0.717) is 0 Å². The summed E-state index contributed by atoms with van der Waals surface area (Å²) < 4.78 is 0. The van der Waals surface area contributed by atoms with Gasteiger partial charge in [0.2, 0.25) is 5.91 Å². The van der Waals surface area contributed by atoms with Gasteiger partial charge in [0.25, 0.3) is 0 Å². The highest BCUT2D eigenvalue weighted by molar-refractivity contribution is 5.85. The van der Waals surface area contributed by atoms with Gasteiger partial charge < -0.3 is 10.6 Å². The van der Waals surface area contributed by atoms with Crippen LogP contribution in [0.15, 0.2) is 0 Å². The number of halogens is 1. The smallest absolute Gasteiger partial charge is 0.227 e. The van der Waals surface area contributed by atoms with Gasteiger partial charge in [-0.3, -0.25) is 4.79 Å². The van der Waals surface area contributed by atoms with Gasteiger partial charge in [0.15, 0.2) is 0 Å². The quantitative estimate of drug-likeness (QED) is 0.869. The summed E-state index contributed by atoms with van der Waals surface area (Å²) >= 11 is 0. The molecule has 2 saturated carbocycles. The molecule has 0 spiro atoms. The highest BCUT2D eigenvalue weighted by atomic mass is 35.5. The standard InChI is InChI=1S/C16H30N2O.ClH/c1-16(17)11-7-6-10-14(16)15(19)18(2)12-13-8-4-3-5-9-13;/h13-14H,3-12,17H2,1-2H3;1H. The fourth-order valence-electron chi connectivity index (χ4n) is 3.88. The van der Waals surface area contributed by atoms with Crippen LogP contribution in [-0.4, -0.2) is 29.9 Å². The van der Waals surface area contributed by atoms with Crippen LogP contribution in [0.1, 0.15) is 64.7 Å². The molecule has 0 saturated heterocycles. The molecule has 2 unspecified atom stereocenters. The normalized spacial score (nSPS) is 31.4. The van der Waals surface area contributed by atoms with Crippen molar-refractivity contribution in [3.63, 3.8) is 0 Å². The van der Waals surface area contributed by atoms with Crippen LogP contribution in [0.2, 0.25) is 0 Å². The first kappa shape index (κ1) is 17.8. The zero-order chi connectivity index (χ0) is 13.9. The summed E-state index contributed by atoms with van der Waals surface area (Å²) in [5.74, 6) is 1.04. The second-order valence-corrected chi connectivity index (χ2v) is 7.03. The van der Waals surface area contributed by atoms with Crippen molar-refractivity contribution in [1.29, 1.82) is 0 Å². The molecule has 0 aromatic rings. The highest BCUT2D eigenvalue weighted by Gasteiger charge is 2.39. The molecule has 2 aliphatic rings. The zero-order valence-electron chi connectivity index (χ0n) is 13.1. The van der Waals surface area contributed by atoms with Gasteiger partial charge in [-0.2, -0.15) is 0 Å². The van der Waals surface area contributed by atoms with Gasteiger partial charge in [-0.15, -0.1) is 12.4 Å². The maximum absolute atomic E-state index is 12.6. The number of hydrogen-bond acceptors (Lipinski definition) is 2. The monoisotopic (exact) mass is 302 g/mol. The summed E-state index contributed by atoms with van der Waals surface area (Å²) in [5, 5.41) is 0. The predicted molar refractivity (Wildman–Crippen MR) is 86.0 cm³/mol. The molecule has 118 valence electrons. The summed E-state index contributed by atoms with van der Waals surface area (Å²) in [6, 6.07) is 0. The maximum Gasteiger partial charge on any atom is 0.227 e. The minimum atomic E-state index is -0.295. The molecule has 20 heavy (non-hydrogen) atoms. The minimum absolute atomic E-state index is 0. The number of hydrogen-bond donors (Lipinski definition) is 1. The molecule has 0 heterocycles.